The monoisotopic (exact) mass is 300 g/mol. The first-order valence-electron chi connectivity index (χ1n) is 6.85. The first-order valence-corrected chi connectivity index (χ1v) is 6.85. The topological polar surface area (TPSA) is 115 Å². The van der Waals surface area contributed by atoms with Crippen molar-refractivity contribution in [3.05, 3.63) is 24.3 Å². The molecule has 6 heteroatoms. The SMILES string of the molecule is C=C(C/C=C/[C@@](O)(C(=O)O)[C@H](O)[C@@H](C)CC)CCC(=O)O. The summed E-state index contributed by atoms with van der Waals surface area (Å²) in [7, 11) is 0. The maximum absolute atomic E-state index is 11.2. The number of aliphatic carboxylic acids is 2. The van der Waals surface area contributed by atoms with Crippen LogP contribution in [0.25, 0.3) is 0 Å². The zero-order valence-electron chi connectivity index (χ0n) is 12.5. The summed E-state index contributed by atoms with van der Waals surface area (Å²) < 4.78 is 0. The van der Waals surface area contributed by atoms with Crippen molar-refractivity contribution < 1.29 is 30.0 Å². The van der Waals surface area contributed by atoms with E-state index in [0.717, 1.165) is 6.08 Å². The minimum atomic E-state index is -2.36. The molecule has 0 amide bonds. The van der Waals surface area contributed by atoms with Gasteiger partial charge in [0.2, 0.25) is 5.60 Å². The number of carbonyl (C=O) groups is 2. The van der Waals surface area contributed by atoms with Gasteiger partial charge in [0.25, 0.3) is 0 Å². The number of rotatable bonds is 10. The van der Waals surface area contributed by atoms with Gasteiger partial charge in [0.1, 0.15) is 0 Å². The van der Waals surface area contributed by atoms with Crippen molar-refractivity contribution in [2.24, 2.45) is 5.92 Å². The molecule has 0 aliphatic carbocycles. The molecule has 0 aromatic carbocycles. The minimum absolute atomic E-state index is 0.0502. The van der Waals surface area contributed by atoms with Gasteiger partial charge >= 0.3 is 11.9 Å². The third kappa shape index (κ3) is 6.10. The predicted octanol–water partition coefficient (Wildman–Crippen LogP) is 1.58. The minimum Gasteiger partial charge on any atom is -0.481 e. The van der Waals surface area contributed by atoms with E-state index in [1.807, 2.05) is 0 Å². The highest BCUT2D eigenvalue weighted by Gasteiger charge is 2.43. The third-order valence-electron chi connectivity index (χ3n) is 3.45. The first kappa shape index (κ1) is 19.3. The van der Waals surface area contributed by atoms with Gasteiger partial charge in [0.15, 0.2) is 0 Å². The Labute approximate surface area is 124 Å². The van der Waals surface area contributed by atoms with Crippen LogP contribution in [0.15, 0.2) is 24.3 Å². The fraction of sp³-hybridized carbons (Fsp3) is 0.600. The van der Waals surface area contributed by atoms with Gasteiger partial charge in [-0.05, 0) is 24.8 Å². The molecule has 0 fully saturated rings. The molecule has 6 nitrogen and oxygen atoms in total. The number of aliphatic hydroxyl groups is 2. The molecule has 0 aromatic rings. The molecule has 21 heavy (non-hydrogen) atoms. The molecule has 0 aliphatic rings. The average molecular weight is 300 g/mol. The van der Waals surface area contributed by atoms with Gasteiger partial charge in [-0.3, -0.25) is 4.79 Å². The Morgan fingerprint density at radius 2 is 1.86 bits per heavy atom. The van der Waals surface area contributed by atoms with Gasteiger partial charge in [0.05, 0.1) is 6.10 Å². The molecule has 0 radical (unpaired) electrons. The zero-order chi connectivity index (χ0) is 16.6. The van der Waals surface area contributed by atoms with Crippen LogP contribution in [-0.2, 0) is 9.59 Å². The Balaban J connectivity index is 4.78. The van der Waals surface area contributed by atoms with Crippen LogP contribution in [0.2, 0.25) is 0 Å². The van der Waals surface area contributed by atoms with E-state index in [2.05, 4.69) is 6.58 Å². The molecule has 3 atom stereocenters. The van der Waals surface area contributed by atoms with Crippen LogP contribution in [0.5, 0.6) is 0 Å². The second-order valence-electron chi connectivity index (χ2n) is 5.21. The summed E-state index contributed by atoms with van der Waals surface area (Å²) in [6, 6.07) is 0. The predicted molar refractivity (Wildman–Crippen MR) is 77.8 cm³/mol. The molecule has 0 bridgehead atoms. The van der Waals surface area contributed by atoms with E-state index in [1.165, 1.54) is 6.08 Å². The summed E-state index contributed by atoms with van der Waals surface area (Å²) in [5, 5.41) is 37.8. The number of aliphatic hydroxyl groups excluding tert-OH is 1. The van der Waals surface area contributed by atoms with E-state index in [9.17, 15) is 19.8 Å². The molecular formula is C15H24O6. The van der Waals surface area contributed by atoms with Crippen LogP contribution in [0.1, 0.15) is 39.5 Å². The zero-order valence-corrected chi connectivity index (χ0v) is 12.5. The smallest absolute Gasteiger partial charge is 0.342 e. The quantitative estimate of drug-likeness (QED) is 0.455. The van der Waals surface area contributed by atoms with Gasteiger partial charge in [-0.1, -0.05) is 38.5 Å². The fourth-order valence-electron chi connectivity index (χ4n) is 1.74. The maximum atomic E-state index is 11.2. The largest absolute Gasteiger partial charge is 0.481 e. The Hall–Kier alpha value is -1.66. The van der Waals surface area contributed by atoms with E-state index in [4.69, 9.17) is 10.2 Å². The normalized spacial score (nSPS) is 17.1. The van der Waals surface area contributed by atoms with E-state index in [1.54, 1.807) is 13.8 Å². The van der Waals surface area contributed by atoms with Crippen molar-refractivity contribution in [2.45, 2.75) is 51.2 Å². The molecule has 0 aromatic heterocycles. The molecule has 0 aliphatic heterocycles. The van der Waals surface area contributed by atoms with Gasteiger partial charge in [-0.15, -0.1) is 0 Å². The van der Waals surface area contributed by atoms with Crippen LogP contribution >= 0.6 is 0 Å². The van der Waals surface area contributed by atoms with E-state index < -0.39 is 23.6 Å². The molecule has 4 N–H and O–H groups in total. The highest BCUT2D eigenvalue weighted by atomic mass is 16.4. The van der Waals surface area contributed by atoms with Crippen LogP contribution in [0.4, 0.5) is 0 Å². The summed E-state index contributed by atoms with van der Waals surface area (Å²) in [4.78, 5) is 21.6. The molecule has 0 unspecified atom stereocenters. The molecule has 0 saturated carbocycles. The molecular weight excluding hydrogens is 276 g/mol. The van der Waals surface area contributed by atoms with Crippen molar-refractivity contribution in [1.29, 1.82) is 0 Å². The van der Waals surface area contributed by atoms with E-state index >= 15 is 0 Å². The van der Waals surface area contributed by atoms with E-state index in [0.29, 0.717) is 12.0 Å². The number of hydrogen-bond donors (Lipinski definition) is 4. The molecule has 0 spiro atoms. The first-order chi connectivity index (χ1) is 9.65. The molecule has 0 rings (SSSR count). The lowest BCUT2D eigenvalue weighted by atomic mass is 9.85. The highest BCUT2D eigenvalue weighted by molar-refractivity contribution is 5.80. The third-order valence-corrected chi connectivity index (χ3v) is 3.45. The van der Waals surface area contributed by atoms with Gasteiger partial charge in [-0.25, -0.2) is 4.79 Å². The van der Waals surface area contributed by atoms with Crippen LogP contribution in [-0.4, -0.2) is 44.1 Å². The summed E-state index contributed by atoms with van der Waals surface area (Å²) in [6.45, 7) is 7.12. The Kier molecular flexibility index (Phi) is 7.91. The van der Waals surface area contributed by atoms with Crippen molar-refractivity contribution in [3.63, 3.8) is 0 Å². The Morgan fingerprint density at radius 3 is 2.29 bits per heavy atom. The summed E-state index contributed by atoms with van der Waals surface area (Å²) >= 11 is 0. The molecule has 120 valence electrons. The Bertz CT molecular complexity index is 414. The fourth-order valence-corrected chi connectivity index (χ4v) is 1.74. The lowest BCUT2D eigenvalue weighted by Gasteiger charge is -2.29. The number of carboxylic acid groups (broad SMARTS) is 2. The number of hydrogen-bond acceptors (Lipinski definition) is 4. The van der Waals surface area contributed by atoms with Gasteiger partial charge in [-0.2, -0.15) is 0 Å². The Morgan fingerprint density at radius 1 is 1.29 bits per heavy atom. The van der Waals surface area contributed by atoms with Crippen molar-refractivity contribution in [3.8, 4) is 0 Å². The lowest BCUT2D eigenvalue weighted by Crippen LogP contribution is -2.50. The standard InChI is InChI=1S/C15H24O6/c1-4-11(3)13(18)15(21,14(19)20)9-5-6-10(2)7-8-12(16)17/h5,9,11,13,18,21H,2,4,6-8H2,1,3H3,(H,16,17)(H,19,20)/b9-5+/t11-,13+,15-/m0/s1. The second kappa shape index (κ2) is 8.59. The second-order valence-corrected chi connectivity index (χ2v) is 5.21. The molecule has 0 heterocycles. The van der Waals surface area contributed by atoms with Gasteiger partial charge < -0.3 is 20.4 Å². The van der Waals surface area contributed by atoms with Crippen molar-refractivity contribution >= 4 is 11.9 Å². The maximum Gasteiger partial charge on any atom is 0.342 e. The lowest BCUT2D eigenvalue weighted by molar-refractivity contribution is -0.167. The van der Waals surface area contributed by atoms with Crippen LogP contribution < -0.4 is 0 Å². The van der Waals surface area contributed by atoms with E-state index in [-0.39, 0.29) is 25.2 Å². The summed E-state index contributed by atoms with van der Waals surface area (Å²) in [5.74, 6) is -2.84. The molecule has 0 saturated heterocycles. The summed E-state index contributed by atoms with van der Waals surface area (Å²) in [6.07, 6.45) is 2.00. The summed E-state index contributed by atoms with van der Waals surface area (Å²) in [5.41, 5.74) is -1.75. The van der Waals surface area contributed by atoms with Crippen molar-refractivity contribution in [1.82, 2.24) is 0 Å². The van der Waals surface area contributed by atoms with Crippen molar-refractivity contribution in [2.75, 3.05) is 0 Å². The number of carboxylic acids is 2. The highest BCUT2D eigenvalue weighted by Crippen LogP contribution is 2.23. The number of allylic oxidation sites excluding steroid dienone is 2. The van der Waals surface area contributed by atoms with Crippen LogP contribution in [0, 0.1) is 5.92 Å². The van der Waals surface area contributed by atoms with Crippen LogP contribution in [0.3, 0.4) is 0 Å². The average Bonchev–Trinajstić information content (AvgIpc) is 2.42. The van der Waals surface area contributed by atoms with Gasteiger partial charge in [0, 0.05) is 6.42 Å².